The maximum atomic E-state index is 11.6. The number of carboxylic acids is 1. The van der Waals surface area contributed by atoms with Gasteiger partial charge >= 0.3 is 5.97 Å². The molecule has 4 aromatic rings. The average molecular weight is 407 g/mol. The minimum absolute atomic E-state index is 0.223. The summed E-state index contributed by atoms with van der Waals surface area (Å²) in [4.78, 5) is 21.2. The Kier molecular flexibility index (Phi) is 5.01. The molecule has 2 heterocycles. The van der Waals surface area contributed by atoms with Gasteiger partial charge in [-0.2, -0.15) is 5.10 Å². The maximum Gasteiger partial charge on any atom is 0.323 e. The van der Waals surface area contributed by atoms with Gasteiger partial charge in [0.15, 0.2) is 17.3 Å². The van der Waals surface area contributed by atoms with Gasteiger partial charge in [0, 0.05) is 17.8 Å². The molecule has 0 saturated carbocycles. The van der Waals surface area contributed by atoms with Crippen molar-refractivity contribution in [2.75, 3.05) is 25.7 Å². The summed E-state index contributed by atoms with van der Waals surface area (Å²) in [5.74, 6) is 0.721. The summed E-state index contributed by atoms with van der Waals surface area (Å²) < 4.78 is 10.7. The van der Waals surface area contributed by atoms with E-state index in [0.29, 0.717) is 34.2 Å². The summed E-state index contributed by atoms with van der Waals surface area (Å²) >= 11 is 0. The number of para-hydroxylation sites is 1. The van der Waals surface area contributed by atoms with E-state index in [1.165, 1.54) is 0 Å². The van der Waals surface area contributed by atoms with E-state index in [-0.39, 0.29) is 6.54 Å². The lowest BCUT2D eigenvalue weighted by Gasteiger charge is -2.24. The molecule has 2 aromatic heterocycles. The van der Waals surface area contributed by atoms with Crippen LogP contribution < -0.4 is 14.4 Å². The normalized spacial score (nSPS) is 10.9. The first kappa shape index (κ1) is 19.3. The molecule has 9 heteroatoms. The Bertz CT molecular complexity index is 1170. The van der Waals surface area contributed by atoms with Crippen molar-refractivity contribution in [3.05, 3.63) is 48.2 Å². The van der Waals surface area contributed by atoms with Crippen LogP contribution in [0, 0.1) is 6.92 Å². The van der Waals surface area contributed by atoms with Crippen molar-refractivity contribution in [3.8, 4) is 23.0 Å². The van der Waals surface area contributed by atoms with E-state index >= 15 is 0 Å². The first-order valence-electron chi connectivity index (χ1n) is 9.22. The second-order valence-corrected chi connectivity index (χ2v) is 6.71. The molecular weight excluding hydrogens is 386 g/mol. The molecule has 0 spiro atoms. The number of carbonyl (C=O) groups is 1. The zero-order valence-electron chi connectivity index (χ0n) is 16.8. The number of anilines is 2. The van der Waals surface area contributed by atoms with E-state index in [1.807, 2.05) is 31.2 Å². The molecule has 0 saturated heterocycles. The molecule has 30 heavy (non-hydrogen) atoms. The first-order chi connectivity index (χ1) is 14.5. The molecule has 0 aliphatic rings. The number of carboxylic acid groups (broad SMARTS) is 1. The van der Waals surface area contributed by atoms with Crippen LogP contribution in [-0.4, -0.2) is 52.0 Å². The Morgan fingerprint density at radius 2 is 1.87 bits per heavy atom. The topological polar surface area (TPSA) is 116 Å². The highest BCUT2D eigenvalue weighted by atomic mass is 16.5. The number of nitrogens with one attached hydrogen (secondary N) is 2. The summed E-state index contributed by atoms with van der Waals surface area (Å²) in [7, 11) is 3.14. The third-order valence-electron chi connectivity index (χ3n) is 4.83. The quantitative estimate of drug-likeness (QED) is 0.429. The Hall–Kier alpha value is -4.01. The van der Waals surface area contributed by atoms with Gasteiger partial charge in [-0.1, -0.05) is 18.2 Å². The van der Waals surface area contributed by atoms with E-state index in [9.17, 15) is 9.90 Å². The highest BCUT2D eigenvalue weighted by Gasteiger charge is 2.22. The standard InChI is InChI=1S/C21H21N5O4/c1-12-6-4-5-7-15(12)26(11-19(27)28)16-10-22-25-20(16)21-23-13-8-17(29-2)18(30-3)9-14(13)24-21/h4-10H,11H2,1-3H3,(H,22,25)(H,23,24)(H,27,28). The second kappa shape index (κ2) is 7.78. The highest BCUT2D eigenvalue weighted by Crippen LogP contribution is 2.36. The summed E-state index contributed by atoms with van der Waals surface area (Å²) in [6, 6.07) is 11.2. The third-order valence-corrected chi connectivity index (χ3v) is 4.83. The monoisotopic (exact) mass is 407 g/mol. The maximum absolute atomic E-state index is 11.6. The first-order valence-corrected chi connectivity index (χ1v) is 9.22. The lowest BCUT2D eigenvalue weighted by molar-refractivity contribution is -0.135. The number of aliphatic carboxylic acids is 1. The number of hydrogen-bond donors (Lipinski definition) is 3. The SMILES string of the molecule is COc1cc2nc(-c3[nH]ncc3N(CC(=O)O)c3ccccc3C)[nH]c2cc1OC. The van der Waals surface area contributed by atoms with Gasteiger partial charge in [0.2, 0.25) is 0 Å². The molecule has 4 rings (SSSR count). The van der Waals surface area contributed by atoms with E-state index < -0.39 is 5.97 Å². The van der Waals surface area contributed by atoms with Gasteiger partial charge in [-0.25, -0.2) is 4.98 Å². The number of hydrogen-bond acceptors (Lipinski definition) is 6. The van der Waals surface area contributed by atoms with Crippen LogP contribution in [0.3, 0.4) is 0 Å². The molecule has 2 aromatic carbocycles. The van der Waals surface area contributed by atoms with Crippen LogP contribution in [0.2, 0.25) is 0 Å². The second-order valence-electron chi connectivity index (χ2n) is 6.71. The smallest absolute Gasteiger partial charge is 0.323 e. The molecule has 0 radical (unpaired) electrons. The highest BCUT2D eigenvalue weighted by molar-refractivity contribution is 5.87. The number of rotatable bonds is 7. The van der Waals surface area contributed by atoms with Gasteiger partial charge in [0.05, 0.1) is 37.1 Å². The molecule has 154 valence electrons. The number of ether oxygens (including phenoxy) is 2. The van der Waals surface area contributed by atoms with E-state index in [2.05, 4.69) is 20.2 Å². The van der Waals surface area contributed by atoms with E-state index in [0.717, 1.165) is 16.8 Å². The number of benzene rings is 2. The minimum atomic E-state index is -0.954. The number of H-pyrrole nitrogens is 2. The lowest BCUT2D eigenvalue weighted by Crippen LogP contribution is -2.25. The fourth-order valence-corrected chi connectivity index (χ4v) is 3.42. The Morgan fingerprint density at radius 3 is 2.57 bits per heavy atom. The number of nitrogens with zero attached hydrogens (tertiary/aromatic N) is 3. The van der Waals surface area contributed by atoms with Crippen molar-refractivity contribution < 1.29 is 19.4 Å². The number of imidazole rings is 1. The molecule has 0 fully saturated rings. The van der Waals surface area contributed by atoms with Crippen LogP contribution in [0.15, 0.2) is 42.6 Å². The summed E-state index contributed by atoms with van der Waals surface area (Å²) in [6.07, 6.45) is 1.60. The molecule has 3 N–H and O–H groups in total. The summed E-state index contributed by atoms with van der Waals surface area (Å²) in [5, 5.41) is 16.6. The average Bonchev–Trinajstić information content (AvgIpc) is 3.37. The summed E-state index contributed by atoms with van der Waals surface area (Å²) in [6.45, 7) is 1.71. The molecule has 0 atom stereocenters. The van der Waals surface area contributed by atoms with Crippen LogP contribution >= 0.6 is 0 Å². The number of aryl methyl sites for hydroxylation is 1. The molecule has 0 aliphatic heterocycles. The third kappa shape index (κ3) is 3.41. The predicted molar refractivity (Wildman–Crippen MR) is 113 cm³/mol. The van der Waals surface area contributed by atoms with Gasteiger partial charge in [-0.3, -0.25) is 9.89 Å². The van der Waals surface area contributed by atoms with Gasteiger partial charge in [-0.15, -0.1) is 0 Å². The van der Waals surface area contributed by atoms with Crippen LogP contribution in [0.1, 0.15) is 5.56 Å². The zero-order valence-corrected chi connectivity index (χ0v) is 16.8. The van der Waals surface area contributed by atoms with E-state index in [4.69, 9.17) is 9.47 Å². The zero-order chi connectivity index (χ0) is 21.3. The molecular formula is C21H21N5O4. The number of methoxy groups -OCH3 is 2. The minimum Gasteiger partial charge on any atom is -0.493 e. The Labute approximate surface area is 172 Å². The van der Waals surface area contributed by atoms with E-state index in [1.54, 1.807) is 37.4 Å². The van der Waals surface area contributed by atoms with Gasteiger partial charge < -0.3 is 24.5 Å². The lowest BCUT2D eigenvalue weighted by atomic mass is 10.1. The molecule has 0 amide bonds. The molecule has 0 bridgehead atoms. The van der Waals surface area contributed by atoms with Crippen LogP contribution in [0.25, 0.3) is 22.6 Å². The van der Waals surface area contributed by atoms with Crippen molar-refractivity contribution in [2.24, 2.45) is 0 Å². The Balaban J connectivity index is 1.83. The van der Waals surface area contributed by atoms with Crippen LogP contribution in [0.4, 0.5) is 11.4 Å². The molecule has 9 nitrogen and oxygen atoms in total. The van der Waals surface area contributed by atoms with Crippen LogP contribution in [0.5, 0.6) is 11.5 Å². The van der Waals surface area contributed by atoms with Crippen molar-refractivity contribution in [1.29, 1.82) is 0 Å². The summed E-state index contributed by atoms with van der Waals surface area (Å²) in [5.41, 5.74) is 4.35. The van der Waals surface area contributed by atoms with Crippen molar-refractivity contribution in [3.63, 3.8) is 0 Å². The van der Waals surface area contributed by atoms with Crippen LogP contribution in [-0.2, 0) is 4.79 Å². The number of fused-ring (bicyclic) bond motifs is 1. The molecule has 0 aliphatic carbocycles. The number of aromatic nitrogens is 4. The fourth-order valence-electron chi connectivity index (χ4n) is 3.42. The van der Waals surface area contributed by atoms with Crippen molar-refractivity contribution >= 4 is 28.4 Å². The number of aromatic amines is 2. The largest absolute Gasteiger partial charge is 0.493 e. The van der Waals surface area contributed by atoms with Gasteiger partial charge in [-0.05, 0) is 18.6 Å². The molecule has 0 unspecified atom stereocenters. The van der Waals surface area contributed by atoms with Crippen molar-refractivity contribution in [2.45, 2.75) is 6.92 Å². The fraction of sp³-hybridized carbons (Fsp3) is 0.190. The predicted octanol–water partition coefficient (Wildman–Crippen LogP) is 3.50. The van der Waals surface area contributed by atoms with Gasteiger partial charge in [0.1, 0.15) is 12.2 Å². The Morgan fingerprint density at radius 1 is 1.13 bits per heavy atom. The van der Waals surface area contributed by atoms with Gasteiger partial charge in [0.25, 0.3) is 0 Å². The van der Waals surface area contributed by atoms with Crippen molar-refractivity contribution in [1.82, 2.24) is 20.2 Å².